The summed E-state index contributed by atoms with van der Waals surface area (Å²) in [5, 5.41) is 6.98. The zero-order valence-electron chi connectivity index (χ0n) is 34.6. The number of halogens is 9. The van der Waals surface area contributed by atoms with Gasteiger partial charge < -0.3 is 0 Å². The van der Waals surface area contributed by atoms with Gasteiger partial charge in [-0.3, -0.25) is 38.7 Å². The summed E-state index contributed by atoms with van der Waals surface area (Å²) in [6.07, 6.45) is -11.0. The van der Waals surface area contributed by atoms with E-state index in [0.717, 1.165) is 65.8 Å². The number of hydrogen-bond donors (Lipinski definition) is 0. The van der Waals surface area contributed by atoms with Crippen LogP contribution in [0.3, 0.4) is 0 Å². The fourth-order valence-electron chi connectivity index (χ4n) is 5.79. The Kier molecular flexibility index (Phi) is 19.7. The number of hydrogen-bond acceptors (Lipinski definition) is 11. The van der Waals surface area contributed by atoms with Crippen molar-refractivity contribution in [3.63, 3.8) is 0 Å². The Hall–Kier alpha value is -4.85. The molecule has 3 atom stereocenters. The number of aryl methyl sites for hydroxylation is 4. The summed E-state index contributed by atoms with van der Waals surface area (Å²) >= 11 is 2.89. The first kappa shape index (κ1) is 55.3. The Balaban J connectivity index is 0.000000293. The van der Waals surface area contributed by atoms with E-state index in [1.54, 1.807) is 0 Å². The molecule has 3 unspecified atom stereocenters. The van der Waals surface area contributed by atoms with Gasteiger partial charge in [0.25, 0.3) is 17.3 Å². The van der Waals surface area contributed by atoms with E-state index >= 15 is 0 Å². The largest absolute Gasteiger partial charge is 0.451 e. The normalized spacial score (nSPS) is 12.8. The van der Waals surface area contributed by atoms with Crippen LogP contribution >= 0.6 is 34.0 Å². The van der Waals surface area contributed by atoms with Crippen molar-refractivity contribution in [3.8, 4) is 0 Å². The van der Waals surface area contributed by atoms with Crippen molar-refractivity contribution >= 4 is 90.5 Å². The molecule has 21 heteroatoms. The van der Waals surface area contributed by atoms with Crippen molar-refractivity contribution < 1.29 is 87.8 Å². The molecule has 0 fully saturated rings. The van der Waals surface area contributed by atoms with Crippen LogP contribution in [0.4, 0.5) is 39.5 Å². The SMILES string of the molecule is CC(=O)C(C(=O)C(F)(F)F)c1cccs1.CC(=O)C(C(=O)C(F)(F)F)c1cccs1.CC(=O)C(C(=O)C(F)(F)F)c1cccs1.Cc1cnc2c(ccc3c(C)c(C)cnc32)c1C.[Ru]. The van der Waals surface area contributed by atoms with E-state index in [-0.39, 0.29) is 34.1 Å². The summed E-state index contributed by atoms with van der Waals surface area (Å²) in [6, 6.07) is 12.9. The maximum Gasteiger partial charge on any atom is 0.451 e. The average molecular weight is 1050 g/mol. The number of Topliss-reactive ketones (excluding diaryl/α,β-unsaturated/α-hetero) is 6. The molecule has 0 aliphatic heterocycles. The van der Waals surface area contributed by atoms with E-state index in [4.69, 9.17) is 0 Å². The zero-order chi connectivity index (χ0) is 47.8. The quantitative estimate of drug-likeness (QED) is 0.0606. The van der Waals surface area contributed by atoms with Gasteiger partial charge in [0.1, 0.15) is 35.1 Å². The predicted octanol–water partition coefficient (Wildman–Crippen LogP) is 11.7. The molecule has 8 nitrogen and oxygen atoms in total. The minimum atomic E-state index is -4.97. The van der Waals surface area contributed by atoms with Crippen LogP contribution < -0.4 is 0 Å². The number of benzene rings is 1. The van der Waals surface area contributed by atoms with Gasteiger partial charge in [-0.15, -0.1) is 34.0 Å². The number of aromatic nitrogens is 2. The van der Waals surface area contributed by atoms with E-state index in [9.17, 15) is 68.3 Å². The second-order valence-electron chi connectivity index (χ2n) is 13.8. The summed E-state index contributed by atoms with van der Waals surface area (Å²) in [6.45, 7) is 11.4. The van der Waals surface area contributed by atoms with Crippen LogP contribution in [0.25, 0.3) is 21.8 Å². The summed E-state index contributed by atoms with van der Waals surface area (Å²) in [5.74, 6) is -13.5. The van der Waals surface area contributed by atoms with Crippen LogP contribution in [-0.2, 0) is 48.2 Å². The monoisotopic (exact) mass is 1050 g/mol. The van der Waals surface area contributed by atoms with Crippen molar-refractivity contribution in [2.75, 3.05) is 0 Å². The Labute approximate surface area is 385 Å². The second-order valence-corrected chi connectivity index (χ2v) is 16.7. The van der Waals surface area contributed by atoms with Crippen LogP contribution in [0.1, 0.15) is 75.4 Å². The Morgan fingerprint density at radius 3 is 0.906 bits per heavy atom. The molecule has 6 rings (SSSR count). The molecule has 0 radical (unpaired) electrons. The number of nitrogens with zero attached hydrogens (tertiary/aromatic N) is 2. The van der Waals surface area contributed by atoms with Gasteiger partial charge in [0.05, 0.1) is 11.0 Å². The number of thiophene rings is 3. The number of carbonyl (C=O) groups is 6. The van der Waals surface area contributed by atoms with Crippen LogP contribution in [0.5, 0.6) is 0 Å². The first-order valence-electron chi connectivity index (χ1n) is 18.2. The maximum atomic E-state index is 12.2. The van der Waals surface area contributed by atoms with Crippen molar-refractivity contribution in [2.45, 2.75) is 84.7 Å². The smallest absolute Gasteiger partial charge is 0.299 e. The summed E-state index contributed by atoms with van der Waals surface area (Å²) in [7, 11) is 0. The van der Waals surface area contributed by atoms with Crippen LogP contribution in [0, 0.1) is 27.7 Å². The third-order valence-corrected chi connectivity index (χ3v) is 12.1. The molecule has 0 aliphatic rings. The van der Waals surface area contributed by atoms with E-state index < -0.39 is 71.0 Å². The number of rotatable bonds is 9. The van der Waals surface area contributed by atoms with Gasteiger partial charge >= 0.3 is 18.5 Å². The molecule has 0 amide bonds. The fraction of sp³-hybridized carbons (Fsp3) is 0.302. The zero-order valence-corrected chi connectivity index (χ0v) is 38.7. The van der Waals surface area contributed by atoms with Gasteiger partial charge in [0.15, 0.2) is 0 Å². The molecule has 0 bridgehead atoms. The number of ketones is 6. The van der Waals surface area contributed by atoms with E-state index in [2.05, 4.69) is 49.8 Å². The topological polar surface area (TPSA) is 128 Å². The molecule has 0 N–H and O–H groups in total. The molecule has 1 aromatic carbocycles. The third-order valence-electron chi connectivity index (χ3n) is 9.24. The Morgan fingerprint density at radius 2 is 0.719 bits per heavy atom. The number of alkyl halides is 9. The molecular formula is C43H37F9N2O6RuS3. The molecule has 5 heterocycles. The van der Waals surface area contributed by atoms with Crippen LogP contribution in [0.2, 0.25) is 0 Å². The second kappa shape index (κ2) is 22.9. The Morgan fingerprint density at radius 1 is 0.469 bits per heavy atom. The molecule has 5 aromatic heterocycles. The van der Waals surface area contributed by atoms with Gasteiger partial charge in [-0.25, -0.2) is 0 Å². The van der Waals surface area contributed by atoms with E-state index in [1.165, 1.54) is 85.6 Å². The molecule has 6 aromatic rings. The van der Waals surface area contributed by atoms with Crippen molar-refractivity contribution in [1.82, 2.24) is 9.97 Å². The van der Waals surface area contributed by atoms with E-state index in [1.807, 2.05) is 12.4 Å². The van der Waals surface area contributed by atoms with Crippen LogP contribution in [-0.4, -0.2) is 63.2 Å². The molecule has 344 valence electrons. The Bertz CT molecular complexity index is 2350. The summed E-state index contributed by atoms with van der Waals surface area (Å²) in [4.78, 5) is 75.5. The van der Waals surface area contributed by atoms with Crippen molar-refractivity contribution in [2.24, 2.45) is 0 Å². The predicted molar refractivity (Wildman–Crippen MR) is 222 cm³/mol. The molecular weight excluding hydrogens is 1010 g/mol. The number of pyridine rings is 2. The van der Waals surface area contributed by atoms with Gasteiger partial charge in [-0.2, -0.15) is 39.5 Å². The summed E-state index contributed by atoms with van der Waals surface area (Å²) < 4.78 is 109. The summed E-state index contributed by atoms with van der Waals surface area (Å²) in [5.41, 5.74) is 7.07. The minimum Gasteiger partial charge on any atom is -0.299 e. The minimum absolute atomic E-state index is 0. The van der Waals surface area contributed by atoms with Gasteiger partial charge in [0, 0.05) is 57.3 Å². The van der Waals surface area contributed by atoms with Crippen molar-refractivity contribution in [1.29, 1.82) is 0 Å². The maximum absolute atomic E-state index is 12.2. The molecule has 0 spiro atoms. The molecule has 0 saturated carbocycles. The van der Waals surface area contributed by atoms with Crippen molar-refractivity contribution in [3.05, 3.63) is 114 Å². The first-order valence-corrected chi connectivity index (χ1v) is 20.8. The third kappa shape index (κ3) is 14.1. The standard InChI is InChI=1S/C16H16N2.3C9H7F3O2S.Ru/c1-9-7-17-15-13(11(9)3)5-6-14-12(4)10(2)8-18-16(14)15;3*1-5(13)7(6-3-2-4-15-6)8(14)9(10,11)12;/h5-8H,1-4H3;3*2-4,7H,1H3;. The molecule has 0 aliphatic carbocycles. The first-order chi connectivity index (χ1) is 29.1. The number of fused-ring (bicyclic) bond motifs is 3. The average Bonchev–Trinajstić information content (AvgIpc) is 4.00. The van der Waals surface area contributed by atoms with Crippen LogP contribution in [0.15, 0.2) is 77.1 Å². The van der Waals surface area contributed by atoms with Gasteiger partial charge in [-0.05, 0) is 105 Å². The van der Waals surface area contributed by atoms with E-state index in [0.29, 0.717) is 0 Å². The molecule has 64 heavy (non-hydrogen) atoms. The molecule has 0 saturated heterocycles. The fourth-order valence-corrected chi connectivity index (χ4v) is 8.43. The van der Waals surface area contributed by atoms with Gasteiger partial charge in [0.2, 0.25) is 0 Å². The van der Waals surface area contributed by atoms with Gasteiger partial charge in [-0.1, -0.05) is 30.3 Å². The number of carbonyl (C=O) groups excluding carboxylic acids is 6.